The molecular weight excluding hydrogens is 310 g/mol. The van der Waals surface area contributed by atoms with Crippen molar-refractivity contribution in [2.24, 2.45) is 0 Å². The fourth-order valence-electron chi connectivity index (χ4n) is 3.26. The summed E-state index contributed by atoms with van der Waals surface area (Å²) in [6.07, 6.45) is 3.02. The van der Waals surface area contributed by atoms with E-state index in [1.54, 1.807) is 0 Å². The number of hydrogen-bond donors (Lipinski definition) is 1. The highest BCUT2D eigenvalue weighted by Crippen LogP contribution is 2.28. The molecule has 0 saturated carbocycles. The molecule has 0 bridgehead atoms. The van der Waals surface area contributed by atoms with Gasteiger partial charge in [-0.1, -0.05) is 41.9 Å². The van der Waals surface area contributed by atoms with Gasteiger partial charge in [0.2, 0.25) is 0 Å². The molecule has 1 saturated heterocycles. The van der Waals surface area contributed by atoms with Gasteiger partial charge in [-0.05, 0) is 48.6 Å². The summed E-state index contributed by atoms with van der Waals surface area (Å²) >= 11 is 6.21. The zero-order valence-electron chi connectivity index (χ0n) is 12.9. The first kappa shape index (κ1) is 15.9. The van der Waals surface area contributed by atoms with Gasteiger partial charge >= 0.3 is 5.97 Å². The molecule has 4 heteroatoms. The van der Waals surface area contributed by atoms with Crippen molar-refractivity contribution in [3.05, 3.63) is 64.7 Å². The molecule has 0 aromatic heterocycles. The number of aliphatic carboxylic acids is 1. The smallest absolute Gasteiger partial charge is 0.305 e. The van der Waals surface area contributed by atoms with Crippen molar-refractivity contribution >= 4 is 23.3 Å². The third-order valence-electron chi connectivity index (χ3n) is 4.41. The van der Waals surface area contributed by atoms with E-state index in [2.05, 4.69) is 29.2 Å². The van der Waals surface area contributed by atoms with Crippen LogP contribution < -0.4 is 4.90 Å². The molecule has 0 spiro atoms. The third-order valence-corrected chi connectivity index (χ3v) is 4.78. The molecule has 2 aromatic carbocycles. The summed E-state index contributed by atoms with van der Waals surface area (Å²) in [5, 5.41) is 9.82. The van der Waals surface area contributed by atoms with Gasteiger partial charge in [-0.25, -0.2) is 0 Å². The van der Waals surface area contributed by atoms with Crippen LogP contribution in [0.15, 0.2) is 48.5 Å². The predicted octanol–water partition coefficient (Wildman–Crippen LogP) is 4.37. The Morgan fingerprint density at radius 2 is 1.91 bits per heavy atom. The molecule has 1 heterocycles. The molecule has 23 heavy (non-hydrogen) atoms. The lowest BCUT2D eigenvalue weighted by Gasteiger charge is -2.26. The van der Waals surface area contributed by atoms with Gasteiger partial charge in [0.1, 0.15) is 0 Å². The molecule has 1 fully saturated rings. The lowest BCUT2D eigenvalue weighted by molar-refractivity contribution is -0.137. The Morgan fingerprint density at radius 3 is 2.61 bits per heavy atom. The molecule has 2 aromatic rings. The van der Waals surface area contributed by atoms with Crippen LogP contribution in [-0.2, 0) is 11.2 Å². The Morgan fingerprint density at radius 1 is 1.17 bits per heavy atom. The number of carbonyl (C=O) groups is 1. The second-order valence-electron chi connectivity index (χ2n) is 6.02. The average molecular weight is 330 g/mol. The fourth-order valence-corrected chi connectivity index (χ4v) is 3.46. The van der Waals surface area contributed by atoms with Crippen molar-refractivity contribution in [3.63, 3.8) is 0 Å². The van der Waals surface area contributed by atoms with E-state index in [0.29, 0.717) is 0 Å². The standard InChI is InChI=1S/C19H20ClNO2/c20-18-6-2-1-4-15(18)12-14-7-9-16(10-8-14)21-11-3-5-17(21)13-19(22)23/h1-2,4,6-10,17H,3,5,11-13H2,(H,22,23)/t17-/m0/s1. The minimum atomic E-state index is -0.725. The van der Waals surface area contributed by atoms with E-state index >= 15 is 0 Å². The lowest BCUT2D eigenvalue weighted by atomic mass is 10.0. The van der Waals surface area contributed by atoms with Gasteiger partial charge in [0, 0.05) is 23.3 Å². The van der Waals surface area contributed by atoms with Crippen LogP contribution in [0.25, 0.3) is 0 Å². The Kier molecular flexibility index (Phi) is 4.87. The van der Waals surface area contributed by atoms with Crippen LogP contribution in [0, 0.1) is 0 Å². The number of carboxylic acids is 1. The zero-order valence-corrected chi connectivity index (χ0v) is 13.7. The molecule has 1 atom stereocenters. The Labute approximate surface area is 141 Å². The average Bonchev–Trinajstić information content (AvgIpc) is 2.98. The Bertz CT molecular complexity index is 684. The number of hydrogen-bond acceptors (Lipinski definition) is 2. The van der Waals surface area contributed by atoms with Crippen molar-refractivity contribution in [2.45, 2.75) is 31.7 Å². The maximum atomic E-state index is 11.0. The van der Waals surface area contributed by atoms with Gasteiger partial charge in [-0.3, -0.25) is 4.79 Å². The molecule has 1 N–H and O–H groups in total. The molecule has 0 unspecified atom stereocenters. The van der Waals surface area contributed by atoms with Crippen LogP contribution in [0.3, 0.4) is 0 Å². The van der Waals surface area contributed by atoms with Crippen LogP contribution in [0.1, 0.15) is 30.4 Å². The minimum Gasteiger partial charge on any atom is -0.481 e. The van der Waals surface area contributed by atoms with Gasteiger partial charge in [-0.2, -0.15) is 0 Å². The number of benzene rings is 2. The molecule has 3 rings (SSSR count). The van der Waals surface area contributed by atoms with E-state index in [0.717, 1.165) is 42.1 Å². The summed E-state index contributed by atoms with van der Waals surface area (Å²) in [4.78, 5) is 13.2. The summed E-state index contributed by atoms with van der Waals surface area (Å²) in [6, 6.07) is 16.4. The lowest BCUT2D eigenvalue weighted by Crippen LogP contribution is -2.31. The van der Waals surface area contributed by atoms with Gasteiger partial charge < -0.3 is 10.0 Å². The van der Waals surface area contributed by atoms with E-state index in [-0.39, 0.29) is 12.5 Å². The molecule has 0 aliphatic carbocycles. The largest absolute Gasteiger partial charge is 0.481 e. The van der Waals surface area contributed by atoms with Crippen LogP contribution in [0.2, 0.25) is 5.02 Å². The van der Waals surface area contributed by atoms with E-state index in [9.17, 15) is 4.79 Å². The van der Waals surface area contributed by atoms with E-state index in [1.165, 1.54) is 5.56 Å². The molecular formula is C19H20ClNO2. The van der Waals surface area contributed by atoms with Crippen molar-refractivity contribution in [3.8, 4) is 0 Å². The number of nitrogens with zero attached hydrogens (tertiary/aromatic N) is 1. The number of carboxylic acid groups (broad SMARTS) is 1. The highest BCUT2D eigenvalue weighted by molar-refractivity contribution is 6.31. The van der Waals surface area contributed by atoms with Crippen molar-refractivity contribution in [1.29, 1.82) is 0 Å². The summed E-state index contributed by atoms with van der Waals surface area (Å²) in [5.41, 5.74) is 3.43. The second kappa shape index (κ2) is 7.05. The first-order chi connectivity index (χ1) is 11.1. The van der Waals surface area contributed by atoms with E-state index in [4.69, 9.17) is 16.7 Å². The normalized spacial score (nSPS) is 17.4. The summed E-state index contributed by atoms with van der Waals surface area (Å²) in [7, 11) is 0. The molecule has 0 radical (unpaired) electrons. The quantitative estimate of drug-likeness (QED) is 0.885. The first-order valence-electron chi connectivity index (χ1n) is 7.94. The highest BCUT2D eigenvalue weighted by atomic mass is 35.5. The molecule has 1 aliphatic heterocycles. The maximum absolute atomic E-state index is 11.0. The van der Waals surface area contributed by atoms with Crippen molar-refractivity contribution in [1.82, 2.24) is 0 Å². The maximum Gasteiger partial charge on any atom is 0.305 e. The zero-order chi connectivity index (χ0) is 16.2. The van der Waals surface area contributed by atoms with Crippen LogP contribution in [-0.4, -0.2) is 23.7 Å². The van der Waals surface area contributed by atoms with E-state index < -0.39 is 5.97 Å². The molecule has 1 aliphatic rings. The molecule has 0 amide bonds. The SMILES string of the molecule is O=C(O)C[C@@H]1CCCN1c1ccc(Cc2ccccc2Cl)cc1. The van der Waals surface area contributed by atoms with Crippen LogP contribution in [0.5, 0.6) is 0 Å². The third kappa shape index (κ3) is 3.85. The van der Waals surface area contributed by atoms with Gasteiger partial charge in [0.25, 0.3) is 0 Å². The number of rotatable bonds is 5. The monoisotopic (exact) mass is 329 g/mol. The Hall–Kier alpha value is -2.00. The van der Waals surface area contributed by atoms with Crippen molar-refractivity contribution < 1.29 is 9.90 Å². The molecule has 120 valence electrons. The summed E-state index contributed by atoms with van der Waals surface area (Å²) in [5.74, 6) is -0.725. The first-order valence-corrected chi connectivity index (χ1v) is 8.32. The highest BCUT2D eigenvalue weighted by Gasteiger charge is 2.26. The minimum absolute atomic E-state index is 0.113. The van der Waals surface area contributed by atoms with Crippen molar-refractivity contribution in [2.75, 3.05) is 11.4 Å². The second-order valence-corrected chi connectivity index (χ2v) is 6.43. The number of anilines is 1. The van der Waals surface area contributed by atoms with Crippen LogP contribution in [0.4, 0.5) is 5.69 Å². The van der Waals surface area contributed by atoms with Crippen LogP contribution >= 0.6 is 11.6 Å². The predicted molar refractivity (Wildman–Crippen MR) is 93.3 cm³/mol. The van der Waals surface area contributed by atoms with Gasteiger partial charge in [-0.15, -0.1) is 0 Å². The summed E-state index contributed by atoms with van der Waals surface area (Å²) in [6.45, 7) is 0.932. The van der Waals surface area contributed by atoms with E-state index in [1.807, 2.05) is 24.3 Å². The fraction of sp³-hybridized carbons (Fsp3) is 0.316. The van der Waals surface area contributed by atoms with Gasteiger partial charge in [0.15, 0.2) is 0 Å². The molecule has 3 nitrogen and oxygen atoms in total. The van der Waals surface area contributed by atoms with Gasteiger partial charge in [0.05, 0.1) is 6.42 Å². The topological polar surface area (TPSA) is 40.5 Å². The summed E-state index contributed by atoms with van der Waals surface area (Å²) < 4.78 is 0. The number of halogens is 1. The Balaban J connectivity index is 1.72.